The molecule has 2 heterocycles. The van der Waals surface area contributed by atoms with Gasteiger partial charge >= 0.3 is 0 Å². The van der Waals surface area contributed by atoms with Crippen LogP contribution in [0.3, 0.4) is 0 Å². The molecular weight excluding hydrogens is 536 g/mol. The summed E-state index contributed by atoms with van der Waals surface area (Å²) in [4.78, 5) is 38.8. The second-order valence-electron chi connectivity index (χ2n) is 12.7. The van der Waals surface area contributed by atoms with Crippen molar-refractivity contribution in [3.05, 3.63) is 62.1 Å². The Morgan fingerprint density at radius 2 is 1.74 bits per heavy atom. The molecule has 234 valence electrons. The maximum absolute atomic E-state index is 13.7. The molecule has 2 N–H and O–H groups in total. The number of aromatic nitrogens is 1. The second kappa shape index (κ2) is 15.1. The summed E-state index contributed by atoms with van der Waals surface area (Å²) >= 11 is 0. The Balaban J connectivity index is 1.62. The third-order valence-corrected chi connectivity index (χ3v) is 9.38. The van der Waals surface area contributed by atoms with Gasteiger partial charge in [-0.1, -0.05) is 11.8 Å². The number of rotatable bonds is 8. The quantitative estimate of drug-likeness (QED) is 0.456. The van der Waals surface area contributed by atoms with E-state index < -0.39 is 0 Å². The molecule has 0 spiro atoms. The molecule has 8 heteroatoms. The zero-order chi connectivity index (χ0) is 31.1. The van der Waals surface area contributed by atoms with Crippen LogP contribution < -0.4 is 15.8 Å². The fraction of sp³-hybridized carbons (Fsp3) is 0.600. The first-order valence-electron chi connectivity index (χ1n) is 16.0. The Kier molecular flexibility index (Phi) is 11.5. The Labute approximate surface area is 258 Å². The van der Waals surface area contributed by atoms with Gasteiger partial charge in [-0.25, -0.2) is 0 Å². The minimum Gasteiger partial charge on any atom is -0.369 e. The summed E-state index contributed by atoms with van der Waals surface area (Å²) in [5, 5.41) is 3.04. The smallest absolute Gasteiger partial charge is 0.253 e. The number of nitrogens with one attached hydrogen (secondary N) is 2. The highest BCUT2D eigenvalue weighted by atomic mass is 16.1. The monoisotopic (exact) mass is 588 g/mol. The van der Waals surface area contributed by atoms with Crippen LogP contribution in [-0.2, 0) is 6.54 Å². The lowest BCUT2D eigenvalue weighted by Crippen LogP contribution is -2.42. The van der Waals surface area contributed by atoms with Crippen molar-refractivity contribution < 1.29 is 4.79 Å². The van der Waals surface area contributed by atoms with Crippen LogP contribution in [0.5, 0.6) is 0 Å². The van der Waals surface area contributed by atoms with Gasteiger partial charge in [0.15, 0.2) is 0 Å². The van der Waals surface area contributed by atoms with E-state index in [1.54, 1.807) is 0 Å². The molecule has 8 nitrogen and oxygen atoms in total. The molecule has 0 unspecified atom stereocenters. The summed E-state index contributed by atoms with van der Waals surface area (Å²) in [6.45, 7) is 14.1. The number of nitrogens with zero attached hydrogens (tertiary/aromatic N) is 4. The molecule has 0 bridgehead atoms. The van der Waals surface area contributed by atoms with E-state index in [4.69, 9.17) is 0 Å². The molecule has 2 fully saturated rings. The minimum absolute atomic E-state index is 0.153. The summed E-state index contributed by atoms with van der Waals surface area (Å²) in [6, 6.07) is 7.12. The molecule has 0 radical (unpaired) electrons. The molecule has 1 aliphatic heterocycles. The van der Waals surface area contributed by atoms with E-state index in [2.05, 4.69) is 75.9 Å². The molecule has 1 saturated heterocycles. The highest BCUT2D eigenvalue weighted by Gasteiger charge is 2.28. The number of hydrogen-bond acceptors (Lipinski definition) is 6. The zero-order valence-electron chi connectivity index (χ0n) is 27.5. The molecular formula is C35H52N6O2. The van der Waals surface area contributed by atoms with Crippen LogP contribution in [0.4, 0.5) is 5.69 Å². The van der Waals surface area contributed by atoms with Gasteiger partial charge in [-0.15, -0.1) is 0 Å². The van der Waals surface area contributed by atoms with E-state index in [0.717, 1.165) is 86.6 Å². The summed E-state index contributed by atoms with van der Waals surface area (Å²) in [7, 11) is 6.53. The topological polar surface area (TPSA) is 74.9 Å². The van der Waals surface area contributed by atoms with Gasteiger partial charge in [0, 0.05) is 72.9 Å². The molecule has 1 amide bonds. The van der Waals surface area contributed by atoms with E-state index in [-0.39, 0.29) is 18.0 Å². The summed E-state index contributed by atoms with van der Waals surface area (Å²) in [5.41, 5.74) is 5.67. The van der Waals surface area contributed by atoms with Crippen LogP contribution in [0.2, 0.25) is 0 Å². The average Bonchev–Trinajstić information content (AvgIpc) is 3.18. The molecule has 1 aromatic heterocycles. The predicted molar refractivity (Wildman–Crippen MR) is 177 cm³/mol. The van der Waals surface area contributed by atoms with Crippen molar-refractivity contribution in [2.45, 2.75) is 78.4 Å². The van der Waals surface area contributed by atoms with Gasteiger partial charge in [-0.2, -0.15) is 0 Å². The number of amides is 1. The van der Waals surface area contributed by atoms with Crippen molar-refractivity contribution in [3.63, 3.8) is 0 Å². The summed E-state index contributed by atoms with van der Waals surface area (Å²) in [5.74, 6) is 6.65. The number of aryl methyl sites for hydroxylation is 2. The number of aromatic amines is 1. The molecule has 4 rings (SSSR count). The van der Waals surface area contributed by atoms with Gasteiger partial charge in [-0.05, 0) is 117 Å². The van der Waals surface area contributed by atoms with Crippen molar-refractivity contribution in [3.8, 4) is 11.8 Å². The van der Waals surface area contributed by atoms with Crippen LogP contribution in [0.15, 0.2) is 23.0 Å². The number of carbonyl (C=O) groups excluding carboxylic acids is 1. The lowest BCUT2D eigenvalue weighted by Gasteiger charge is -2.40. The fourth-order valence-corrected chi connectivity index (χ4v) is 6.69. The van der Waals surface area contributed by atoms with E-state index in [1.165, 1.54) is 12.8 Å². The number of likely N-dealkylation sites (N-methyl/N-ethyl adjacent to an activating group) is 1. The van der Waals surface area contributed by atoms with Gasteiger partial charge in [-0.3, -0.25) is 14.5 Å². The summed E-state index contributed by atoms with van der Waals surface area (Å²) in [6.07, 6.45) is 5.77. The van der Waals surface area contributed by atoms with E-state index in [0.29, 0.717) is 23.2 Å². The molecule has 2 aliphatic rings. The Hall–Kier alpha value is -3.12. The van der Waals surface area contributed by atoms with E-state index >= 15 is 0 Å². The normalized spacial score (nSPS) is 19.9. The van der Waals surface area contributed by atoms with E-state index in [1.807, 2.05) is 32.9 Å². The standard InChI is InChI=1S/C35H52N6O2/c1-8-41(30-14-12-29(13-15-30)38(5)6)33-23-28(11-9-17-40-18-10-16-39(7)19-20-40)22-31(27(33)4)34(42)36-24-32-25(2)21-26(3)37-35(32)43/h21-23,29-30H,8,10,12-20,24H2,1-7H3,(H,36,42)(H,37,43)/t29-,30-. The zero-order valence-corrected chi connectivity index (χ0v) is 27.5. The van der Waals surface area contributed by atoms with Crippen molar-refractivity contribution in [2.24, 2.45) is 0 Å². The first-order valence-corrected chi connectivity index (χ1v) is 16.0. The van der Waals surface area contributed by atoms with Crippen molar-refractivity contribution in [1.29, 1.82) is 0 Å². The first kappa shape index (κ1) is 32.8. The molecule has 0 atom stereocenters. The Morgan fingerprint density at radius 1 is 1.02 bits per heavy atom. The van der Waals surface area contributed by atoms with Gasteiger partial charge in [0.25, 0.3) is 11.5 Å². The number of carbonyl (C=O) groups is 1. The highest BCUT2D eigenvalue weighted by molar-refractivity contribution is 5.97. The first-order chi connectivity index (χ1) is 20.6. The van der Waals surface area contributed by atoms with Crippen LogP contribution in [0.1, 0.15) is 77.3 Å². The van der Waals surface area contributed by atoms with Crippen LogP contribution in [-0.4, -0.2) is 98.1 Å². The third-order valence-electron chi connectivity index (χ3n) is 9.38. The maximum atomic E-state index is 13.7. The molecule has 1 aromatic carbocycles. The molecule has 2 aromatic rings. The van der Waals surface area contributed by atoms with Gasteiger partial charge in [0.05, 0.1) is 6.54 Å². The van der Waals surface area contributed by atoms with Crippen molar-refractivity contribution in [2.75, 3.05) is 65.3 Å². The largest absolute Gasteiger partial charge is 0.369 e. The molecule has 1 saturated carbocycles. The number of anilines is 1. The van der Waals surface area contributed by atoms with E-state index in [9.17, 15) is 9.59 Å². The van der Waals surface area contributed by atoms with Gasteiger partial charge in [0.2, 0.25) is 0 Å². The van der Waals surface area contributed by atoms with Crippen LogP contribution in [0, 0.1) is 32.6 Å². The lowest BCUT2D eigenvalue weighted by molar-refractivity contribution is 0.0950. The van der Waals surface area contributed by atoms with Gasteiger partial charge in [0.1, 0.15) is 0 Å². The Morgan fingerprint density at radius 3 is 2.42 bits per heavy atom. The minimum atomic E-state index is -0.176. The van der Waals surface area contributed by atoms with Crippen molar-refractivity contribution in [1.82, 2.24) is 25.0 Å². The average molecular weight is 589 g/mol. The van der Waals surface area contributed by atoms with Crippen molar-refractivity contribution >= 4 is 11.6 Å². The predicted octanol–water partition coefficient (Wildman–Crippen LogP) is 3.92. The van der Waals surface area contributed by atoms with Crippen LogP contribution >= 0.6 is 0 Å². The second-order valence-corrected chi connectivity index (χ2v) is 12.7. The molecule has 1 aliphatic carbocycles. The SMILES string of the molecule is CCN(c1cc(C#CCN2CCCN(C)CC2)cc(C(=O)NCc2c(C)cc(C)[nH]c2=O)c1C)[C@H]1CC[C@H](N(C)C)CC1. The summed E-state index contributed by atoms with van der Waals surface area (Å²) < 4.78 is 0. The third kappa shape index (κ3) is 8.50. The number of H-pyrrole nitrogens is 1. The van der Waals surface area contributed by atoms with Gasteiger partial charge < -0.3 is 25.0 Å². The number of benzene rings is 1. The van der Waals surface area contributed by atoms with Crippen LogP contribution in [0.25, 0.3) is 0 Å². The fourth-order valence-electron chi connectivity index (χ4n) is 6.69. The molecule has 43 heavy (non-hydrogen) atoms. The maximum Gasteiger partial charge on any atom is 0.253 e. The highest BCUT2D eigenvalue weighted by Crippen LogP contribution is 2.33. The Bertz CT molecular complexity index is 1380. The number of pyridine rings is 1. The number of hydrogen-bond donors (Lipinski definition) is 2. The lowest BCUT2D eigenvalue weighted by atomic mass is 9.88.